The number of aromatic nitrogens is 5. The molecule has 0 atom stereocenters. The normalized spacial score (nSPS) is 12.9. The molecule has 11 aromatic rings. The van der Waals surface area contributed by atoms with Gasteiger partial charge in [-0.3, -0.25) is 0 Å². The van der Waals surface area contributed by atoms with Crippen molar-refractivity contribution in [3.05, 3.63) is 199 Å². The van der Waals surface area contributed by atoms with Crippen LogP contribution < -0.4 is 0 Å². The highest BCUT2D eigenvalue weighted by Gasteiger charge is 2.41. The van der Waals surface area contributed by atoms with Crippen LogP contribution in [0.1, 0.15) is 30.5 Å². The van der Waals surface area contributed by atoms with E-state index in [1.165, 1.54) is 60.3 Å². The SMILES string of the molecule is CC1(C)c2ccccc2-c2c1c1c3ccccc3n(-c3ccccc3)c1c1c3ccccc3n(-c3ccc(-c4nc(-c5ccccc5)nc(-c5ccc(C#N)cc5)n4)cc3)c21. The summed E-state index contributed by atoms with van der Waals surface area (Å²) >= 11 is 0. The van der Waals surface area contributed by atoms with Gasteiger partial charge in [0.2, 0.25) is 0 Å². The van der Waals surface area contributed by atoms with Crippen LogP contribution in [0.4, 0.5) is 0 Å². The Kier molecular flexibility index (Phi) is 7.54. The number of hydrogen-bond acceptors (Lipinski definition) is 4. The molecule has 3 heterocycles. The molecule has 61 heavy (non-hydrogen) atoms. The Morgan fingerprint density at radius 3 is 1.56 bits per heavy atom. The van der Waals surface area contributed by atoms with E-state index in [0.29, 0.717) is 23.0 Å². The number of fused-ring (bicyclic) bond motifs is 12. The Balaban J connectivity index is 1.15. The highest BCUT2D eigenvalue weighted by molar-refractivity contribution is 6.31. The van der Waals surface area contributed by atoms with E-state index in [1.807, 2.05) is 42.5 Å². The monoisotopic (exact) mass is 780 g/mol. The van der Waals surface area contributed by atoms with Crippen molar-refractivity contribution in [1.29, 1.82) is 5.26 Å². The molecule has 6 nitrogen and oxygen atoms in total. The van der Waals surface area contributed by atoms with Crippen LogP contribution in [0.25, 0.3) is 100 Å². The molecule has 0 bridgehead atoms. The minimum atomic E-state index is -0.267. The molecule has 0 saturated carbocycles. The molecule has 3 aromatic heterocycles. The molecular weight excluding hydrogens is 745 g/mol. The molecule has 1 aliphatic carbocycles. The van der Waals surface area contributed by atoms with Gasteiger partial charge in [0.1, 0.15) is 0 Å². The summed E-state index contributed by atoms with van der Waals surface area (Å²) in [5.41, 5.74) is 15.1. The number of rotatable bonds is 5. The van der Waals surface area contributed by atoms with E-state index in [4.69, 9.17) is 15.0 Å². The van der Waals surface area contributed by atoms with Crippen molar-refractivity contribution in [3.8, 4) is 62.7 Å². The molecule has 0 saturated heterocycles. The number of nitrogens with zero attached hydrogens (tertiary/aromatic N) is 6. The summed E-state index contributed by atoms with van der Waals surface area (Å²) in [6.45, 7) is 4.79. The Hall–Kier alpha value is -8.14. The molecule has 0 amide bonds. The number of hydrogen-bond donors (Lipinski definition) is 0. The second-order valence-electron chi connectivity index (χ2n) is 16.3. The number of benzene rings is 8. The third-order valence-electron chi connectivity index (χ3n) is 12.6. The first-order valence-electron chi connectivity index (χ1n) is 20.6. The molecule has 1 aliphatic rings. The van der Waals surface area contributed by atoms with Gasteiger partial charge in [0.25, 0.3) is 0 Å². The maximum atomic E-state index is 9.45. The van der Waals surface area contributed by atoms with Crippen LogP contribution in [0.3, 0.4) is 0 Å². The molecule has 286 valence electrons. The minimum Gasteiger partial charge on any atom is -0.309 e. The highest BCUT2D eigenvalue weighted by Crippen LogP contribution is 2.58. The van der Waals surface area contributed by atoms with Gasteiger partial charge in [-0.15, -0.1) is 0 Å². The fourth-order valence-electron chi connectivity index (χ4n) is 9.87. The van der Waals surface area contributed by atoms with Crippen LogP contribution in [0.15, 0.2) is 182 Å². The molecule has 0 spiro atoms. The fraction of sp³-hybridized carbons (Fsp3) is 0.0545. The van der Waals surface area contributed by atoms with E-state index in [0.717, 1.165) is 33.6 Å². The summed E-state index contributed by atoms with van der Waals surface area (Å²) in [5, 5.41) is 14.5. The van der Waals surface area contributed by atoms with Crippen molar-refractivity contribution in [2.45, 2.75) is 19.3 Å². The molecule has 0 fully saturated rings. The summed E-state index contributed by atoms with van der Waals surface area (Å²) in [4.78, 5) is 14.9. The lowest BCUT2D eigenvalue weighted by Gasteiger charge is -2.23. The van der Waals surface area contributed by atoms with Crippen molar-refractivity contribution in [2.75, 3.05) is 0 Å². The molecule has 6 heteroatoms. The van der Waals surface area contributed by atoms with E-state index in [1.54, 1.807) is 12.1 Å². The lowest BCUT2D eigenvalue weighted by Crippen LogP contribution is -2.15. The largest absolute Gasteiger partial charge is 0.309 e. The average Bonchev–Trinajstić information content (AvgIpc) is 3.93. The first-order chi connectivity index (χ1) is 30.0. The van der Waals surface area contributed by atoms with E-state index < -0.39 is 0 Å². The third kappa shape index (κ3) is 5.11. The van der Waals surface area contributed by atoms with Crippen molar-refractivity contribution in [2.24, 2.45) is 0 Å². The zero-order valence-corrected chi connectivity index (χ0v) is 33.5. The first-order valence-corrected chi connectivity index (χ1v) is 20.6. The number of nitriles is 1. The van der Waals surface area contributed by atoms with Gasteiger partial charge in [0.05, 0.1) is 33.7 Å². The van der Waals surface area contributed by atoms with Crippen LogP contribution in [-0.2, 0) is 5.41 Å². The maximum Gasteiger partial charge on any atom is 0.164 e. The topological polar surface area (TPSA) is 72.3 Å². The lowest BCUT2D eigenvalue weighted by atomic mass is 9.80. The Morgan fingerprint density at radius 1 is 0.459 bits per heavy atom. The second-order valence-corrected chi connectivity index (χ2v) is 16.3. The summed E-state index contributed by atoms with van der Waals surface area (Å²) < 4.78 is 4.96. The Morgan fingerprint density at radius 2 is 0.934 bits per heavy atom. The van der Waals surface area contributed by atoms with Crippen molar-refractivity contribution in [1.82, 2.24) is 24.1 Å². The lowest BCUT2D eigenvalue weighted by molar-refractivity contribution is 0.667. The van der Waals surface area contributed by atoms with Crippen LogP contribution in [0, 0.1) is 11.3 Å². The van der Waals surface area contributed by atoms with Crippen LogP contribution in [0.2, 0.25) is 0 Å². The summed E-state index contributed by atoms with van der Waals surface area (Å²) in [6, 6.07) is 65.8. The van der Waals surface area contributed by atoms with Crippen LogP contribution in [0.5, 0.6) is 0 Å². The van der Waals surface area contributed by atoms with Gasteiger partial charge >= 0.3 is 0 Å². The Labute approximate surface area is 352 Å². The molecule has 0 radical (unpaired) electrons. The first kappa shape index (κ1) is 34.9. The maximum absolute atomic E-state index is 9.45. The van der Waals surface area contributed by atoms with Crippen molar-refractivity contribution >= 4 is 43.6 Å². The standard InChI is InChI=1S/C55H36N6/c1-55(2)43-22-12-9-19-40(43)46-49(55)47-41-20-10-13-23-44(41)60(38-17-7-4-8-18-38)51(47)48-42-21-11-14-24-45(42)61(50(46)48)39-31-29-37(30-32-39)54-58-52(35-15-5-3-6-16-35)57-53(59-54)36-27-25-34(33-56)26-28-36/h3-32H,1-2H3. The second kappa shape index (κ2) is 13.2. The van der Waals surface area contributed by atoms with E-state index in [2.05, 4.69) is 156 Å². The Bertz CT molecular complexity index is 3590. The predicted molar refractivity (Wildman–Crippen MR) is 247 cm³/mol. The molecule has 8 aromatic carbocycles. The van der Waals surface area contributed by atoms with Gasteiger partial charge < -0.3 is 9.13 Å². The smallest absolute Gasteiger partial charge is 0.164 e. The fourth-order valence-corrected chi connectivity index (χ4v) is 9.87. The average molecular weight is 781 g/mol. The summed E-state index contributed by atoms with van der Waals surface area (Å²) in [7, 11) is 0. The van der Waals surface area contributed by atoms with Gasteiger partial charge in [0, 0.05) is 60.6 Å². The summed E-state index contributed by atoms with van der Waals surface area (Å²) in [6.07, 6.45) is 0. The predicted octanol–water partition coefficient (Wildman–Crippen LogP) is 13.2. The molecule has 0 N–H and O–H groups in total. The van der Waals surface area contributed by atoms with Crippen LogP contribution >= 0.6 is 0 Å². The van der Waals surface area contributed by atoms with Crippen molar-refractivity contribution in [3.63, 3.8) is 0 Å². The molecule has 0 unspecified atom stereocenters. The quantitative estimate of drug-likeness (QED) is 0.174. The summed E-state index contributed by atoms with van der Waals surface area (Å²) in [5.74, 6) is 1.72. The van der Waals surface area contributed by atoms with Gasteiger partial charge in [-0.25, -0.2) is 15.0 Å². The van der Waals surface area contributed by atoms with E-state index in [9.17, 15) is 5.26 Å². The molecule has 12 rings (SSSR count). The zero-order valence-electron chi connectivity index (χ0n) is 33.5. The zero-order chi connectivity index (χ0) is 40.8. The van der Waals surface area contributed by atoms with Gasteiger partial charge in [-0.1, -0.05) is 123 Å². The third-order valence-corrected chi connectivity index (χ3v) is 12.6. The molecular formula is C55H36N6. The minimum absolute atomic E-state index is 0.267. The number of para-hydroxylation sites is 3. The molecule has 0 aliphatic heterocycles. The van der Waals surface area contributed by atoms with Gasteiger partial charge in [-0.2, -0.15) is 5.26 Å². The van der Waals surface area contributed by atoms with Gasteiger partial charge in [0.15, 0.2) is 17.5 Å². The van der Waals surface area contributed by atoms with Crippen molar-refractivity contribution < 1.29 is 0 Å². The van der Waals surface area contributed by atoms with Gasteiger partial charge in [-0.05, 0) is 89.5 Å². The van der Waals surface area contributed by atoms with E-state index in [-0.39, 0.29) is 5.41 Å². The van der Waals surface area contributed by atoms with Crippen LogP contribution in [-0.4, -0.2) is 24.1 Å². The highest BCUT2D eigenvalue weighted by atomic mass is 15.0. The van der Waals surface area contributed by atoms with E-state index >= 15 is 0 Å².